The molecule has 0 radical (unpaired) electrons. The Bertz CT molecular complexity index is 711. The van der Waals surface area contributed by atoms with Gasteiger partial charge in [0.05, 0.1) is 6.04 Å². The monoisotopic (exact) mass is 486 g/mol. The Hall–Kier alpha value is -2.69. The van der Waals surface area contributed by atoms with Gasteiger partial charge >= 0.3 is 11.9 Å². The summed E-state index contributed by atoms with van der Waals surface area (Å²) in [5, 5.41) is 26.0. The Morgan fingerprint density at radius 2 is 1.29 bits per heavy atom. The van der Waals surface area contributed by atoms with Crippen molar-refractivity contribution < 1.29 is 34.2 Å². The number of carbonyl (C=O) groups excluding carboxylic acids is 3. The summed E-state index contributed by atoms with van der Waals surface area (Å²) >= 11 is 0. The van der Waals surface area contributed by atoms with Crippen molar-refractivity contribution in [2.75, 3.05) is 0 Å². The van der Waals surface area contributed by atoms with Gasteiger partial charge in [-0.05, 0) is 37.0 Å². The Morgan fingerprint density at radius 1 is 0.765 bits per heavy atom. The molecule has 0 aromatic rings. The fourth-order valence-electron chi connectivity index (χ4n) is 3.34. The van der Waals surface area contributed by atoms with Gasteiger partial charge in [-0.15, -0.1) is 0 Å². The Morgan fingerprint density at radius 3 is 1.74 bits per heavy atom. The van der Waals surface area contributed by atoms with Crippen LogP contribution in [0.25, 0.3) is 0 Å². The van der Waals surface area contributed by atoms with Crippen molar-refractivity contribution in [3.05, 3.63) is 0 Å². The van der Waals surface area contributed by atoms with Gasteiger partial charge in [0.15, 0.2) is 0 Å². The van der Waals surface area contributed by atoms with Gasteiger partial charge in [0.25, 0.3) is 0 Å². The summed E-state index contributed by atoms with van der Waals surface area (Å²) in [4.78, 5) is 61.0. The van der Waals surface area contributed by atoms with Crippen LogP contribution in [0.4, 0.5) is 0 Å². The van der Waals surface area contributed by atoms with Crippen LogP contribution in [0.1, 0.15) is 73.6 Å². The minimum absolute atomic E-state index is 0.0199. The molecule has 0 rings (SSSR count). The Labute approximate surface area is 201 Å². The lowest BCUT2D eigenvalue weighted by molar-refractivity contribution is -0.143. The van der Waals surface area contributed by atoms with Gasteiger partial charge in [-0.25, -0.2) is 4.79 Å². The lowest BCUT2D eigenvalue weighted by atomic mass is 9.96. The number of nitrogens with two attached hydrogens (primary N) is 1. The van der Waals surface area contributed by atoms with E-state index >= 15 is 0 Å². The molecule has 3 amide bonds. The van der Waals surface area contributed by atoms with Gasteiger partial charge in [-0.1, -0.05) is 48.0 Å². The van der Waals surface area contributed by atoms with Crippen LogP contribution in [0.5, 0.6) is 0 Å². The molecule has 0 aromatic carbocycles. The van der Waals surface area contributed by atoms with Crippen molar-refractivity contribution in [1.29, 1.82) is 0 Å². The van der Waals surface area contributed by atoms with Crippen LogP contribution in [-0.2, 0) is 24.0 Å². The van der Waals surface area contributed by atoms with Crippen molar-refractivity contribution in [3.63, 3.8) is 0 Å². The molecule has 5 atom stereocenters. The second-order valence-electron chi connectivity index (χ2n) is 9.63. The zero-order chi connectivity index (χ0) is 26.6. The molecule has 0 aliphatic rings. The minimum Gasteiger partial charge on any atom is -0.481 e. The smallest absolute Gasteiger partial charge is 0.326 e. The molecule has 0 saturated carbocycles. The lowest BCUT2D eigenvalue weighted by Crippen LogP contribution is -2.58. The van der Waals surface area contributed by atoms with E-state index in [1.54, 1.807) is 20.8 Å². The molecule has 0 bridgehead atoms. The zero-order valence-corrected chi connectivity index (χ0v) is 21.1. The van der Waals surface area contributed by atoms with E-state index in [4.69, 9.17) is 10.8 Å². The van der Waals surface area contributed by atoms with E-state index in [1.807, 2.05) is 20.8 Å². The van der Waals surface area contributed by atoms with E-state index < -0.39 is 60.2 Å². The predicted octanol–water partition coefficient (Wildman–Crippen LogP) is 0.856. The Balaban J connectivity index is 5.62. The standard InChI is InChI=1S/C23H42N4O7/c1-7-14(6)19(27-20(30)15(24)10-12(2)3)22(32)25-16(8-9-18(28)29)21(31)26-17(23(33)34)11-13(4)5/h12-17,19H,7-11,24H2,1-6H3,(H,25,32)(H,26,31)(H,27,30)(H,28,29)(H,33,34). The molecule has 196 valence electrons. The summed E-state index contributed by atoms with van der Waals surface area (Å²) in [6.45, 7) is 11.0. The fraction of sp³-hybridized carbons (Fsp3) is 0.783. The van der Waals surface area contributed by atoms with Crippen LogP contribution >= 0.6 is 0 Å². The summed E-state index contributed by atoms with van der Waals surface area (Å²) in [5.41, 5.74) is 5.93. The second-order valence-corrected chi connectivity index (χ2v) is 9.63. The lowest BCUT2D eigenvalue weighted by Gasteiger charge is -2.28. The van der Waals surface area contributed by atoms with Crippen molar-refractivity contribution in [1.82, 2.24) is 16.0 Å². The topological polar surface area (TPSA) is 188 Å². The van der Waals surface area contributed by atoms with Crippen LogP contribution in [0.15, 0.2) is 0 Å². The summed E-state index contributed by atoms with van der Waals surface area (Å²) in [6.07, 6.45) is 0.477. The highest BCUT2D eigenvalue weighted by Crippen LogP contribution is 2.12. The first-order chi connectivity index (χ1) is 15.7. The molecule has 0 saturated heterocycles. The number of hydrogen-bond acceptors (Lipinski definition) is 6. The van der Waals surface area contributed by atoms with Crippen LogP contribution in [0.2, 0.25) is 0 Å². The minimum atomic E-state index is -1.29. The quantitative estimate of drug-likeness (QED) is 0.185. The van der Waals surface area contributed by atoms with Crippen molar-refractivity contribution >= 4 is 29.7 Å². The number of carboxylic acid groups (broad SMARTS) is 2. The van der Waals surface area contributed by atoms with Gasteiger partial charge < -0.3 is 31.9 Å². The van der Waals surface area contributed by atoms with Gasteiger partial charge in [0, 0.05) is 6.42 Å². The first-order valence-electron chi connectivity index (χ1n) is 11.8. The Kier molecular flexibility index (Phi) is 14.1. The van der Waals surface area contributed by atoms with Crippen LogP contribution in [-0.4, -0.2) is 64.0 Å². The third kappa shape index (κ3) is 12.0. The van der Waals surface area contributed by atoms with E-state index in [-0.39, 0.29) is 30.6 Å². The number of hydrogen-bond donors (Lipinski definition) is 6. The fourth-order valence-corrected chi connectivity index (χ4v) is 3.34. The number of amides is 3. The number of nitrogens with one attached hydrogen (secondary N) is 3. The summed E-state index contributed by atoms with van der Waals surface area (Å²) in [5.74, 6) is -4.50. The van der Waals surface area contributed by atoms with E-state index in [0.29, 0.717) is 12.8 Å². The highest BCUT2D eigenvalue weighted by Gasteiger charge is 2.32. The highest BCUT2D eigenvalue weighted by atomic mass is 16.4. The second kappa shape index (κ2) is 15.3. The van der Waals surface area contributed by atoms with E-state index in [1.165, 1.54) is 0 Å². The molecular weight excluding hydrogens is 444 g/mol. The maximum atomic E-state index is 13.1. The molecule has 0 heterocycles. The average molecular weight is 487 g/mol. The van der Waals surface area contributed by atoms with Gasteiger partial charge in [0.1, 0.15) is 18.1 Å². The van der Waals surface area contributed by atoms with Crippen LogP contribution in [0, 0.1) is 17.8 Å². The molecular formula is C23H42N4O7. The maximum Gasteiger partial charge on any atom is 0.326 e. The molecule has 0 spiro atoms. The molecule has 0 aliphatic carbocycles. The molecule has 0 aromatic heterocycles. The van der Waals surface area contributed by atoms with Gasteiger partial charge in [-0.2, -0.15) is 0 Å². The number of carboxylic acids is 2. The first kappa shape index (κ1) is 31.3. The van der Waals surface area contributed by atoms with Gasteiger partial charge in [0.2, 0.25) is 17.7 Å². The molecule has 11 heteroatoms. The third-order valence-electron chi connectivity index (χ3n) is 5.46. The van der Waals surface area contributed by atoms with E-state index in [9.17, 15) is 29.1 Å². The average Bonchev–Trinajstić information content (AvgIpc) is 2.72. The molecule has 0 aliphatic heterocycles. The summed E-state index contributed by atoms with van der Waals surface area (Å²) in [7, 11) is 0. The van der Waals surface area contributed by atoms with E-state index in [2.05, 4.69) is 16.0 Å². The summed E-state index contributed by atoms with van der Waals surface area (Å²) in [6, 6.07) is -4.28. The number of aliphatic carboxylic acids is 2. The van der Waals surface area contributed by atoms with Crippen molar-refractivity contribution in [2.45, 2.75) is 97.8 Å². The normalized spacial score (nSPS) is 15.7. The number of carbonyl (C=O) groups is 5. The maximum absolute atomic E-state index is 13.1. The van der Waals surface area contributed by atoms with Crippen molar-refractivity contribution in [3.8, 4) is 0 Å². The van der Waals surface area contributed by atoms with Crippen LogP contribution in [0.3, 0.4) is 0 Å². The third-order valence-corrected chi connectivity index (χ3v) is 5.46. The van der Waals surface area contributed by atoms with Gasteiger partial charge in [-0.3, -0.25) is 19.2 Å². The predicted molar refractivity (Wildman–Crippen MR) is 127 cm³/mol. The first-order valence-corrected chi connectivity index (χ1v) is 11.8. The van der Waals surface area contributed by atoms with Crippen molar-refractivity contribution in [2.24, 2.45) is 23.5 Å². The molecule has 7 N–H and O–H groups in total. The number of rotatable bonds is 16. The summed E-state index contributed by atoms with van der Waals surface area (Å²) < 4.78 is 0. The van der Waals surface area contributed by atoms with E-state index in [0.717, 1.165) is 0 Å². The zero-order valence-electron chi connectivity index (χ0n) is 21.1. The molecule has 0 fully saturated rings. The molecule has 11 nitrogen and oxygen atoms in total. The molecule has 34 heavy (non-hydrogen) atoms. The molecule has 5 unspecified atom stereocenters. The largest absolute Gasteiger partial charge is 0.481 e. The van der Waals surface area contributed by atoms with Crippen LogP contribution < -0.4 is 21.7 Å². The highest BCUT2D eigenvalue weighted by molar-refractivity contribution is 5.94. The SMILES string of the molecule is CCC(C)C(NC(=O)C(N)CC(C)C)C(=O)NC(CCC(=O)O)C(=O)NC(CC(C)C)C(=O)O.